The third-order valence-corrected chi connectivity index (χ3v) is 3.61. The zero-order chi connectivity index (χ0) is 14.8. The number of hydrogen-bond acceptors (Lipinski definition) is 5. The second kappa shape index (κ2) is 5.61. The summed E-state index contributed by atoms with van der Waals surface area (Å²) < 4.78 is 3.71. The third-order valence-electron chi connectivity index (χ3n) is 3.61. The quantitative estimate of drug-likeness (QED) is 0.764. The molecule has 1 N–H and O–H groups in total. The molecule has 0 spiro atoms. The molecule has 0 saturated heterocycles. The van der Waals surface area contributed by atoms with E-state index in [-0.39, 0.29) is 6.04 Å². The first-order valence-corrected chi connectivity index (χ1v) is 7.04. The highest BCUT2D eigenvalue weighted by Gasteiger charge is 2.12. The van der Waals surface area contributed by atoms with Crippen LogP contribution in [0.4, 0.5) is 0 Å². The van der Waals surface area contributed by atoms with E-state index in [1.165, 1.54) is 0 Å². The van der Waals surface area contributed by atoms with Gasteiger partial charge in [0.05, 0.1) is 18.4 Å². The summed E-state index contributed by atoms with van der Waals surface area (Å²) in [6, 6.07) is 2.19. The lowest BCUT2D eigenvalue weighted by atomic mass is 10.1. The molecule has 7 heteroatoms. The monoisotopic (exact) mass is 285 g/mol. The van der Waals surface area contributed by atoms with Crippen molar-refractivity contribution in [3.8, 4) is 0 Å². The highest BCUT2D eigenvalue weighted by atomic mass is 15.4. The molecular formula is C14H19N7. The number of hydrogen-bond donors (Lipinski definition) is 1. The van der Waals surface area contributed by atoms with E-state index in [9.17, 15) is 0 Å². The van der Waals surface area contributed by atoms with Crippen LogP contribution in [0.15, 0.2) is 24.7 Å². The second-order valence-electron chi connectivity index (χ2n) is 5.20. The minimum atomic E-state index is 0.204. The first kappa shape index (κ1) is 13.7. The van der Waals surface area contributed by atoms with E-state index < -0.39 is 0 Å². The molecular weight excluding hydrogens is 266 g/mol. The minimum absolute atomic E-state index is 0.204. The standard InChI is InChI=1S/C14H19N7/c1-10-8-14-16-9-13(12(3)21(14)18-10)11(2)15-4-6-20-7-5-17-19-20/h5,7-9,11,15H,4,6H2,1-3H3. The molecule has 0 aromatic carbocycles. The Bertz CT molecular complexity index is 729. The predicted octanol–water partition coefficient (Wildman–Crippen LogP) is 1.29. The summed E-state index contributed by atoms with van der Waals surface area (Å²) >= 11 is 0. The Hall–Kier alpha value is -2.28. The van der Waals surface area contributed by atoms with E-state index in [1.54, 1.807) is 6.20 Å². The smallest absolute Gasteiger partial charge is 0.155 e. The Morgan fingerprint density at radius 2 is 2.19 bits per heavy atom. The predicted molar refractivity (Wildman–Crippen MR) is 78.9 cm³/mol. The lowest BCUT2D eigenvalue weighted by molar-refractivity contribution is 0.495. The van der Waals surface area contributed by atoms with Gasteiger partial charge in [0.2, 0.25) is 0 Å². The van der Waals surface area contributed by atoms with E-state index in [0.29, 0.717) is 0 Å². The molecule has 21 heavy (non-hydrogen) atoms. The number of aromatic nitrogens is 6. The van der Waals surface area contributed by atoms with E-state index in [4.69, 9.17) is 0 Å². The Labute approximate surface area is 123 Å². The zero-order valence-electron chi connectivity index (χ0n) is 12.5. The van der Waals surface area contributed by atoms with Crippen LogP contribution in [-0.2, 0) is 6.54 Å². The largest absolute Gasteiger partial charge is 0.308 e. The summed E-state index contributed by atoms with van der Waals surface area (Å²) in [6.07, 6.45) is 5.47. The van der Waals surface area contributed by atoms with Gasteiger partial charge < -0.3 is 5.32 Å². The number of nitrogens with one attached hydrogen (secondary N) is 1. The van der Waals surface area contributed by atoms with E-state index in [2.05, 4.69) is 39.6 Å². The fraction of sp³-hybridized carbons (Fsp3) is 0.429. The molecule has 0 aliphatic carbocycles. The van der Waals surface area contributed by atoms with Crippen molar-refractivity contribution in [2.24, 2.45) is 0 Å². The molecule has 3 aromatic rings. The molecule has 0 bridgehead atoms. The van der Waals surface area contributed by atoms with Crippen molar-refractivity contribution < 1.29 is 0 Å². The number of aryl methyl sites for hydroxylation is 2. The lowest BCUT2D eigenvalue weighted by Gasteiger charge is -2.16. The van der Waals surface area contributed by atoms with Crippen LogP contribution in [0.2, 0.25) is 0 Å². The van der Waals surface area contributed by atoms with Crippen molar-refractivity contribution in [3.63, 3.8) is 0 Å². The number of fused-ring (bicyclic) bond motifs is 1. The molecule has 0 aliphatic rings. The van der Waals surface area contributed by atoms with Crippen LogP contribution in [0.25, 0.3) is 5.65 Å². The van der Waals surface area contributed by atoms with Crippen molar-refractivity contribution >= 4 is 5.65 Å². The number of rotatable bonds is 5. The first-order valence-electron chi connectivity index (χ1n) is 7.04. The molecule has 0 amide bonds. The van der Waals surface area contributed by atoms with E-state index >= 15 is 0 Å². The molecule has 110 valence electrons. The van der Waals surface area contributed by atoms with Gasteiger partial charge in [-0.1, -0.05) is 5.21 Å². The van der Waals surface area contributed by atoms with Gasteiger partial charge in [0.25, 0.3) is 0 Å². The van der Waals surface area contributed by atoms with Crippen molar-refractivity contribution in [2.75, 3.05) is 6.54 Å². The minimum Gasteiger partial charge on any atom is -0.308 e. The van der Waals surface area contributed by atoms with Crippen LogP contribution in [0.5, 0.6) is 0 Å². The van der Waals surface area contributed by atoms with Gasteiger partial charge in [0.1, 0.15) is 0 Å². The summed E-state index contributed by atoms with van der Waals surface area (Å²) in [7, 11) is 0. The van der Waals surface area contributed by atoms with Crippen LogP contribution in [0, 0.1) is 13.8 Å². The van der Waals surface area contributed by atoms with Crippen LogP contribution in [0.1, 0.15) is 29.9 Å². The Balaban J connectivity index is 1.71. The Morgan fingerprint density at radius 3 is 2.95 bits per heavy atom. The Morgan fingerprint density at radius 1 is 1.33 bits per heavy atom. The third kappa shape index (κ3) is 2.78. The van der Waals surface area contributed by atoms with Gasteiger partial charge in [-0.2, -0.15) is 5.10 Å². The maximum atomic E-state index is 4.48. The molecule has 1 unspecified atom stereocenters. The SMILES string of the molecule is Cc1cc2ncc(C(C)NCCn3ccnn3)c(C)n2n1. The highest BCUT2D eigenvalue weighted by Crippen LogP contribution is 2.17. The van der Waals surface area contributed by atoms with Crippen molar-refractivity contribution in [1.29, 1.82) is 0 Å². The number of nitrogens with zero attached hydrogens (tertiary/aromatic N) is 6. The van der Waals surface area contributed by atoms with Gasteiger partial charge in [0, 0.05) is 42.3 Å². The fourth-order valence-corrected chi connectivity index (χ4v) is 2.46. The molecule has 0 fully saturated rings. The molecule has 3 heterocycles. The fourth-order valence-electron chi connectivity index (χ4n) is 2.46. The van der Waals surface area contributed by atoms with Crippen LogP contribution in [-0.4, -0.2) is 36.1 Å². The van der Waals surface area contributed by atoms with E-state index in [1.807, 2.05) is 34.6 Å². The first-order chi connectivity index (χ1) is 10.1. The molecule has 3 aromatic heterocycles. The average Bonchev–Trinajstić information content (AvgIpc) is 3.08. The highest BCUT2D eigenvalue weighted by molar-refractivity contribution is 5.42. The molecule has 0 aliphatic heterocycles. The summed E-state index contributed by atoms with van der Waals surface area (Å²) in [5, 5.41) is 15.7. The van der Waals surface area contributed by atoms with Gasteiger partial charge >= 0.3 is 0 Å². The molecule has 1 atom stereocenters. The Kier molecular flexibility index (Phi) is 3.66. The van der Waals surface area contributed by atoms with Gasteiger partial charge in [-0.15, -0.1) is 5.10 Å². The molecule has 0 saturated carbocycles. The lowest BCUT2D eigenvalue weighted by Crippen LogP contribution is -2.25. The molecule has 0 radical (unpaired) electrons. The zero-order valence-corrected chi connectivity index (χ0v) is 12.5. The second-order valence-corrected chi connectivity index (χ2v) is 5.20. The maximum Gasteiger partial charge on any atom is 0.155 e. The summed E-state index contributed by atoms with van der Waals surface area (Å²) in [6.45, 7) is 7.80. The maximum absolute atomic E-state index is 4.48. The van der Waals surface area contributed by atoms with Crippen molar-refractivity contribution in [3.05, 3.63) is 41.6 Å². The molecule has 3 rings (SSSR count). The normalized spacial score (nSPS) is 12.9. The van der Waals surface area contributed by atoms with Crippen LogP contribution in [0.3, 0.4) is 0 Å². The average molecular weight is 285 g/mol. The van der Waals surface area contributed by atoms with Gasteiger partial charge in [-0.3, -0.25) is 4.68 Å². The van der Waals surface area contributed by atoms with Gasteiger partial charge in [0.15, 0.2) is 5.65 Å². The van der Waals surface area contributed by atoms with Crippen LogP contribution >= 0.6 is 0 Å². The van der Waals surface area contributed by atoms with E-state index in [0.717, 1.165) is 35.7 Å². The summed E-state index contributed by atoms with van der Waals surface area (Å²) in [4.78, 5) is 4.47. The summed E-state index contributed by atoms with van der Waals surface area (Å²) in [5.41, 5.74) is 4.15. The van der Waals surface area contributed by atoms with Crippen molar-refractivity contribution in [2.45, 2.75) is 33.4 Å². The van der Waals surface area contributed by atoms with Crippen molar-refractivity contribution in [1.82, 2.24) is 34.9 Å². The topological polar surface area (TPSA) is 72.9 Å². The molecule has 7 nitrogen and oxygen atoms in total. The van der Waals surface area contributed by atoms with Gasteiger partial charge in [-0.05, 0) is 20.8 Å². The van der Waals surface area contributed by atoms with Crippen LogP contribution < -0.4 is 5.32 Å². The summed E-state index contributed by atoms with van der Waals surface area (Å²) in [5.74, 6) is 0. The van der Waals surface area contributed by atoms with Gasteiger partial charge in [-0.25, -0.2) is 9.50 Å².